The number of rotatable bonds is 2. The van der Waals surface area contributed by atoms with Crippen LogP contribution in [0, 0.1) is 0 Å². The molecule has 1 aromatic heterocycles. The zero-order valence-electron chi connectivity index (χ0n) is 7.10. The zero-order valence-corrected chi connectivity index (χ0v) is 8.68. The summed E-state index contributed by atoms with van der Waals surface area (Å²) in [5.41, 5.74) is 1.99. The van der Waals surface area contributed by atoms with Gasteiger partial charge in [0.05, 0.1) is 17.4 Å². The van der Waals surface area contributed by atoms with Gasteiger partial charge in [-0.15, -0.1) is 0 Å². The molecule has 0 aliphatic heterocycles. The Labute approximate surface area is 87.5 Å². The lowest BCUT2D eigenvalue weighted by atomic mass is 10.1. The molecule has 0 aliphatic rings. The van der Waals surface area contributed by atoms with Crippen molar-refractivity contribution in [3.05, 3.63) is 29.6 Å². The molecule has 5 heteroatoms. The van der Waals surface area contributed by atoms with Crippen molar-refractivity contribution in [2.24, 2.45) is 0 Å². The van der Waals surface area contributed by atoms with Crippen LogP contribution in [-0.2, 0) is 5.33 Å². The van der Waals surface area contributed by atoms with E-state index >= 15 is 0 Å². The molecule has 1 heterocycles. The highest BCUT2D eigenvalue weighted by atomic mass is 79.9. The van der Waals surface area contributed by atoms with E-state index in [-0.39, 0.29) is 5.56 Å². The highest BCUT2D eigenvalue weighted by Crippen LogP contribution is 2.29. The van der Waals surface area contributed by atoms with Crippen molar-refractivity contribution in [2.75, 3.05) is 0 Å². The van der Waals surface area contributed by atoms with E-state index in [9.17, 15) is 8.78 Å². The molecule has 14 heavy (non-hydrogen) atoms. The Hall–Kier alpha value is -0.970. The quantitative estimate of drug-likeness (QED) is 0.824. The number of hydrogen-bond acceptors (Lipinski definition) is 1. The number of halogens is 3. The summed E-state index contributed by atoms with van der Waals surface area (Å²) in [7, 11) is 0. The lowest BCUT2D eigenvalue weighted by Crippen LogP contribution is -1.93. The van der Waals surface area contributed by atoms with Crippen LogP contribution in [0.1, 0.15) is 17.6 Å². The lowest BCUT2D eigenvalue weighted by molar-refractivity contribution is 0.150. The maximum atomic E-state index is 12.6. The minimum absolute atomic E-state index is 0.0430. The largest absolute Gasteiger partial charge is 0.345 e. The number of hydrogen-bond donors (Lipinski definition) is 1. The minimum Gasteiger partial charge on any atom is -0.345 e. The molecule has 0 unspecified atom stereocenters. The van der Waals surface area contributed by atoms with Crippen LogP contribution in [0.2, 0.25) is 0 Å². The van der Waals surface area contributed by atoms with E-state index < -0.39 is 6.43 Å². The zero-order chi connectivity index (χ0) is 10.1. The molecule has 0 aliphatic carbocycles. The highest BCUT2D eigenvalue weighted by molar-refractivity contribution is 9.08. The van der Waals surface area contributed by atoms with Gasteiger partial charge in [0.1, 0.15) is 0 Å². The Morgan fingerprint density at radius 3 is 2.86 bits per heavy atom. The summed E-state index contributed by atoms with van der Waals surface area (Å²) >= 11 is 3.20. The van der Waals surface area contributed by atoms with Gasteiger partial charge in [-0.25, -0.2) is 13.8 Å². The van der Waals surface area contributed by atoms with Crippen molar-refractivity contribution in [1.82, 2.24) is 9.97 Å². The summed E-state index contributed by atoms with van der Waals surface area (Å²) in [5, 5.41) is 0.384. The molecule has 0 radical (unpaired) electrons. The van der Waals surface area contributed by atoms with Crippen molar-refractivity contribution < 1.29 is 8.78 Å². The van der Waals surface area contributed by atoms with Gasteiger partial charge in [0.25, 0.3) is 6.43 Å². The fourth-order valence-corrected chi connectivity index (χ4v) is 2.02. The summed E-state index contributed by atoms with van der Waals surface area (Å²) in [4.78, 5) is 6.90. The van der Waals surface area contributed by atoms with Gasteiger partial charge in [0.2, 0.25) is 0 Å². The van der Waals surface area contributed by atoms with E-state index in [1.54, 1.807) is 6.07 Å². The molecule has 0 saturated heterocycles. The third-order valence-corrected chi connectivity index (χ3v) is 2.66. The lowest BCUT2D eigenvalue weighted by Gasteiger charge is -2.06. The van der Waals surface area contributed by atoms with E-state index in [1.165, 1.54) is 12.4 Å². The molecule has 0 saturated carbocycles. The molecule has 1 aromatic carbocycles. The third-order valence-electron chi connectivity index (χ3n) is 2.10. The van der Waals surface area contributed by atoms with Crippen molar-refractivity contribution in [3.8, 4) is 0 Å². The van der Waals surface area contributed by atoms with E-state index in [0.717, 1.165) is 5.52 Å². The van der Waals surface area contributed by atoms with Crippen LogP contribution in [0.5, 0.6) is 0 Å². The molecule has 2 rings (SSSR count). The molecule has 2 nitrogen and oxygen atoms in total. The van der Waals surface area contributed by atoms with E-state index in [2.05, 4.69) is 25.9 Å². The van der Waals surface area contributed by atoms with Gasteiger partial charge < -0.3 is 4.98 Å². The Bertz CT molecular complexity index is 453. The smallest absolute Gasteiger partial charge is 0.264 e. The van der Waals surface area contributed by atoms with Gasteiger partial charge in [-0.3, -0.25) is 0 Å². The molecule has 0 spiro atoms. The number of aromatic nitrogens is 2. The number of benzene rings is 1. The molecule has 1 N–H and O–H groups in total. The van der Waals surface area contributed by atoms with Crippen molar-refractivity contribution >= 4 is 27.0 Å². The summed E-state index contributed by atoms with van der Waals surface area (Å²) in [6.45, 7) is 0. The van der Waals surface area contributed by atoms with E-state index in [4.69, 9.17) is 0 Å². The average Bonchev–Trinajstić information content (AvgIpc) is 2.63. The fourth-order valence-electron chi connectivity index (χ4n) is 1.43. The second-order valence-corrected chi connectivity index (χ2v) is 3.43. The van der Waals surface area contributed by atoms with E-state index in [1.807, 2.05) is 0 Å². The van der Waals surface area contributed by atoms with Crippen LogP contribution in [0.3, 0.4) is 0 Å². The first-order valence-electron chi connectivity index (χ1n) is 4.03. The van der Waals surface area contributed by atoms with Crippen LogP contribution in [0.25, 0.3) is 11.0 Å². The van der Waals surface area contributed by atoms with Gasteiger partial charge in [-0.2, -0.15) is 0 Å². The Balaban J connectivity index is 2.72. The Morgan fingerprint density at radius 1 is 1.43 bits per heavy atom. The number of alkyl halides is 3. The predicted octanol–water partition coefficient (Wildman–Crippen LogP) is 3.40. The molecule has 0 bridgehead atoms. The fraction of sp³-hybridized carbons (Fsp3) is 0.222. The maximum Gasteiger partial charge on any atom is 0.264 e. The SMILES string of the molecule is FC(F)c1ccc2[nH]cnc2c1CBr. The number of imidazole rings is 1. The summed E-state index contributed by atoms with van der Waals surface area (Å²) in [6.07, 6.45) is -0.949. The minimum atomic E-state index is -2.45. The normalized spacial score (nSPS) is 11.4. The van der Waals surface area contributed by atoms with Gasteiger partial charge in [0.15, 0.2) is 0 Å². The molecule has 0 amide bonds. The molecule has 0 fully saturated rings. The van der Waals surface area contributed by atoms with Gasteiger partial charge >= 0.3 is 0 Å². The number of nitrogens with zero attached hydrogens (tertiary/aromatic N) is 1. The highest BCUT2D eigenvalue weighted by Gasteiger charge is 2.15. The summed E-state index contributed by atoms with van der Waals surface area (Å²) in [6, 6.07) is 3.05. The Kier molecular flexibility index (Phi) is 2.50. The van der Waals surface area contributed by atoms with Crippen LogP contribution in [-0.4, -0.2) is 9.97 Å². The van der Waals surface area contributed by atoms with Crippen LogP contribution in [0.15, 0.2) is 18.5 Å². The van der Waals surface area contributed by atoms with Crippen LogP contribution in [0.4, 0.5) is 8.78 Å². The standard InChI is InChI=1S/C9H7BrF2N2/c10-3-6-5(9(11)12)1-2-7-8(6)14-4-13-7/h1-2,4,9H,3H2,(H,13,14). The predicted molar refractivity (Wildman–Crippen MR) is 53.7 cm³/mol. The average molecular weight is 261 g/mol. The molecular weight excluding hydrogens is 254 g/mol. The second-order valence-electron chi connectivity index (χ2n) is 2.87. The van der Waals surface area contributed by atoms with Gasteiger partial charge in [0, 0.05) is 10.9 Å². The molecule has 0 atom stereocenters. The van der Waals surface area contributed by atoms with Crippen molar-refractivity contribution in [2.45, 2.75) is 11.8 Å². The molecular formula is C9H7BrF2N2. The first kappa shape index (κ1) is 9.58. The molecule has 2 aromatic rings. The van der Waals surface area contributed by atoms with Crippen molar-refractivity contribution in [1.29, 1.82) is 0 Å². The number of H-pyrrole nitrogens is 1. The van der Waals surface area contributed by atoms with Gasteiger partial charge in [-0.05, 0) is 11.6 Å². The monoisotopic (exact) mass is 260 g/mol. The van der Waals surface area contributed by atoms with Crippen LogP contribution < -0.4 is 0 Å². The van der Waals surface area contributed by atoms with E-state index in [0.29, 0.717) is 16.4 Å². The first-order valence-corrected chi connectivity index (χ1v) is 5.15. The first-order chi connectivity index (χ1) is 6.74. The summed E-state index contributed by atoms with van der Waals surface area (Å²) < 4.78 is 25.2. The van der Waals surface area contributed by atoms with Crippen molar-refractivity contribution in [3.63, 3.8) is 0 Å². The maximum absolute atomic E-state index is 12.6. The molecule has 74 valence electrons. The van der Waals surface area contributed by atoms with Crippen LogP contribution >= 0.6 is 15.9 Å². The number of nitrogens with one attached hydrogen (secondary N) is 1. The second kappa shape index (κ2) is 3.65. The number of aromatic amines is 1. The number of fused-ring (bicyclic) bond motifs is 1. The summed E-state index contributed by atoms with van der Waals surface area (Å²) in [5.74, 6) is 0. The Morgan fingerprint density at radius 2 is 2.21 bits per heavy atom. The van der Waals surface area contributed by atoms with Gasteiger partial charge in [-0.1, -0.05) is 22.0 Å². The topological polar surface area (TPSA) is 28.7 Å². The third kappa shape index (κ3) is 1.41.